The maximum Gasteiger partial charge on any atom is 0.236 e. The number of rotatable bonds is 2. The normalized spacial score (nSPS) is 20.1. The molecule has 86 valence electrons. The lowest BCUT2D eigenvalue weighted by molar-refractivity contribution is -0.128. The molecule has 2 rings (SSSR count). The summed E-state index contributed by atoms with van der Waals surface area (Å²) < 4.78 is 0. The Morgan fingerprint density at radius 3 is 3.19 bits per heavy atom. The molecule has 1 unspecified atom stereocenters. The largest absolute Gasteiger partial charge is 0.341 e. The van der Waals surface area contributed by atoms with Crippen LogP contribution in [0.2, 0.25) is 0 Å². The van der Waals surface area contributed by atoms with Crippen LogP contribution in [0.25, 0.3) is 0 Å². The monoisotopic (exact) mass is 220 g/mol. The van der Waals surface area contributed by atoms with Crippen LogP contribution in [0.3, 0.4) is 0 Å². The maximum atomic E-state index is 11.4. The molecule has 0 aromatic carbocycles. The molecule has 2 heterocycles. The predicted molar refractivity (Wildman–Crippen MR) is 59.8 cm³/mol. The molecule has 1 saturated heterocycles. The second-order valence-corrected chi connectivity index (χ2v) is 4.09. The summed E-state index contributed by atoms with van der Waals surface area (Å²) in [5.74, 6) is 1.11. The highest BCUT2D eigenvalue weighted by molar-refractivity contribution is 5.78. The molecule has 1 amide bonds. The molecule has 0 saturated carbocycles. The Morgan fingerprint density at radius 1 is 1.69 bits per heavy atom. The summed E-state index contributed by atoms with van der Waals surface area (Å²) in [4.78, 5) is 21.9. The Morgan fingerprint density at radius 2 is 2.50 bits per heavy atom. The van der Waals surface area contributed by atoms with E-state index >= 15 is 0 Å². The van der Waals surface area contributed by atoms with Gasteiger partial charge in [0, 0.05) is 30.9 Å². The van der Waals surface area contributed by atoms with Gasteiger partial charge in [0.05, 0.1) is 6.54 Å². The Balaban J connectivity index is 2.06. The first-order valence-corrected chi connectivity index (χ1v) is 5.48. The lowest BCUT2D eigenvalue weighted by atomic mass is 10.1. The van der Waals surface area contributed by atoms with Gasteiger partial charge >= 0.3 is 0 Å². The van der Waals surface area contributed by atoms with Crippen molar-refractivity contribution in [2.45, 2.75) is 19.3 Å². The molecule has 1 aromatic heterocycles. The van der Waals surface area contributed by atoms with E-state index in [0.29, 0.717) is 6.54 Å². The van der Waals surface area contributed by atoms with Gasteiger partial charge in [0.25, 0.3) is 0 Å². The highest BCUT2D eigenvalue weighted by Gasteiger charge is 2.28. The van der Waals surface area contributed by atoms with Crippen molar-refractivity contribution in [1.29, 1.82) is 0 Å². The van der Waals surface area contributed by atoms with Crippen molar-refractivity contribution in [3.05, 3.63) is 23.8 Å². The summed E-state index contributed by atoms with van der Waals surface area (Å²) in [6.45, 7) is 3.49. The summed E-state index contributed by atoms with van der Waals surface area (Å²) in [5, 5.41) is 0. The van der Waals surface area contributed by atoms with E-state index in [1.165, 1.54) is 0 Å². The summed E-state index contributed by atoms with van der Waals surface area (Å²) in [6.07, 6.45) is 2.69. The molecule has 5 heteroatoms. The molecule has 0 radical (unpaired) electrons. The van der Waals surface area contributed by atoms with E-state index in [1.54, 1.807) is 11.1 Å². The van der Waals surface area contributed by atoms with Crippen LogP contribution in [-0.4, -0.2) is 40.4 Å². The quantitative estimate of drug-likeness (QED) is 0.765. The third-order valence-corrected chi connectivity index (χ3v) is 2.89. The van der Waals surface area contributed by atoms with Crippen molar-refractivity contribution in [1.82, 2.24) is 14.9 Å². The number of hydrogen-bond donors (Lipinski definition) is 1. The minimum atomic E-state index is 0.00940. The SMILES string of the molecule is Cc1ccnc(C2CCN(C(=O)CN)C2)n1. The van der Waals surface area contributed by atoms with Crippen molar-refractivity contribution in [3.8, 4) is 0 Å². The number of aromatic nitrogens is 2. The standard InChI is InChI=1S/C11H16N4O/c1-8-2-4-13-11(14-8)9-3-5-15(7-9)10(16)6-12/h2,4,9H,3,5-7,12H2,1H3. The average molecular weight is 220 g/mol. The van der Waals surface area contributed by atoms with E-state index in [1.807, 2.05) is 13.0 Å². The van der Waals surface area contributed by atoms with Crippen molar-refractivity contribution in [2.24, 2.45) is 5.73 Å². The Labute approximate surface area is 94.7 Å². The molecule has 5 nitrogen and oxygen atoms in total. The molecule has 0 spiro atoms. The van der Waals surface area contributed by atoms with E-state index in [0.717, 1.165) is 24.5 Å². The van der Waals surface area contributed by atoms with E-state index in [4.69, 9.17) is 5.73 Å². The Bertz CT molecular complexity index is 393. The zero-order chi connectivity index (χ0) is 11.5. The highest BCUT2D eigenvalue weighted by atomic mass is 16.2. The van der Waals surface area contributed by atoms with Crippen molar-refractivity contribution in [2.75, 3.05) is 19.6 Å². The van der Waals surface area contributed by atoms with E-state index in [2.05, 4.69) is 9.97 Å². The van der Waals surface area contributed by atoms with Crippen molar-refractivity contribution in [3.63, 3.8) is 0 Å². The number of hydrogen-bond acceptors (Lipinski definition) is 4. The van der Waals surface area contributed by atoms with Crippen LogP contribution in [-0.2, 0) is 4.79 Å². The van der Waals surface area contributed by atoms with Crippen LogP contribution in [0.5, 0.6) is 0 Å². The number of carbonyl (C=O) groups excluding carboxylic acids is 1. The van der Waals surface area contributed by atoms with Gasteiger partial charge in [0.1, 0.15) is 5.82 Å². The van der Waals surface area contributed by atoms with E-state index < -0.39 is 0 Å². The molecule has 1 aromatic rings. The van der Waals surface area contributed by atoms with Gasteiger partial charge < -0.3 is 10.6 Å². The van der Waals surface area contributed by atoms with Crippen LogP contribution in [0.4, 0.5) is 0 Å². The summed E-state index contributed by atoms with van der Waals surface area (Å²) in [6, 6.07) is 1.88. The molecule has 2 N–H and O–H groups in total. The zero-order valence-corrected chi connectivity index (χ0v) is 9.39. The van der Waals surface area contributed by atoms with Crippen LogP contribution >= 0.6 is 0 Å². The minimum Gasteiger partial charge on any atom is -0.341 e. The molecule has 16 heavy (non-hydrogen) atoms. The van der Waals surface area contributed by atoms with Gasteiger partial charge in [-0.3, -0.25) is 4.79 Å². The maximum absolute atomic E-state index is 11.4. The molecular formula is C11H16N4O. The zero-order valence-electron chi connectivity index (χ0n) is 9.39. The minimum absolute atomic E-state index is 0.00940. The summed E-state index contributed by atoms with van der Waals surface area (Å²) in [5.41, 5.74) is 6.30. The lowest BCUT2D eigenvalue weighted by Crippen LogP contribution is -2.34. The van der Waals surface area contributed by atoms with Crippen LogP contribution < -0.4 is 5.73 Å². The van der Waals surface area contributed by atoms with Crippen LogP contribution in [0.15, 0.2) is 12.3 Å². The first-order chi connectivity index (χ1) is 7.70. The summed E-state index contributed by atoms with van der Waals surface area (Å²) in [7, 11) is 0. The van der Waals surface area contributed by atoms with Gasteiger partial charge in [-0.2, -0.15) is 0 Å². The van der Waals surface area contributed by atoms with Gasteiger partial charge in [-0.1, -0.05) is 0 Å². The molecular weight excluding hydrogens is 204 g/mol. The number of carbonyl (C=O) groups is 1. The molecule has 1 aliphatic heterocycles. The Kier molecular flexibility index (Phi) is 3.14. The number of aryl methyl sites for hydroxylation is 1. The fourth-order valence-electron chi connectivity index (χ4n) is 1.99. The van der Waals surface area contributed by atoms with Gasteiger partial charge in [-0.05, 0) is 19.4 Å². The van der Waals surface area contributed by atoms with E-state index in [-0.39, 0.29) is 18.4 Å². The molecule has 1 atom stereocenters. The first kappa shape index (κ1) is 11.0. The predicted octanol–water partition coefficient (Wildman–Crippen LogP) is 0.0596. The Hall–Kier alpha value is -1.49. The van der Waals surface area contributed by atoms with Gasteiger partial charge in [0.2, 0.25) is 5.91 Å². The second-order valence-electron chi connectivity index (χ2n) is 4.09. The molecule has 1 fully saturated rings. The number of nitrogens with two attached hydrogens (primary N) is 1. The smallest absolute Gasteiger partial charge is 0.236 e. The second kappa shape index (κ2) is 4.57. The fourth-order valence-corrected chi connectivity index (χ4v) is 1.99. The number of amides is 1. The third-order valence-electron chi connectivity index (χ3n) is 2.89. The average Bonchev–Trinajstić information content (AvgIpc) is 2.77. The first-order valence-electron chi connectivity index (χ1n) is 5.48. The molecule has 1 aliphatic rings. The summed E-state index contributed by atoms with van der Waals surface area (Å²) >= 11 is 0. The van der Waals surface area contributed by atoms with Crippen molar-refractivity contribution >= 4 is 5.91 Å². The third kappa shape index (κ3) is 2.19. The van der Waals surface area contributed by atoms with Crippen molar-refractivity contribution < 1.29 is 4.79 Å². The number of nitrogens with zero attached hydrogens (tertiary/aromatic N) is 3. The van der Waals surface area contributed by atoms with Crippen LogP contribution in [0.1, 0.15) is 23.9 Å². The molecule has 0 bridgehead atoms. The van der Waals surface area contributed by atoms with Crippen LogP contribution in [0, 0.1) is 6.92 Å². The highest BCUT2D eigenvalue weighted by Crippen LogP contribution is 2.24. The van der Waals surface area contributed by atoms with Gasteiger partial charge in [0.15, 0.2) is 0 Å². The van der Waals surface area contributed by atoms with Gasteiger partial charge in [-0.25, -0.2) is 9.97 Å². The van der Waals surface area contributed by atoms with E-state index in [9.17, 15) is 4.79 Å². The topological polar surface area (TPSA) is 72.1 Å². The van der Waals surface area contributed by atoms with Gasteiger partial charge in [-0.15, -0.1) is 0 Å². The number of likely N-dealkylation sites (tertiary alicyclic amines) is 1. The lowest BCUT2D eigenvalue weighted by Gasteiger charge is -2.14. The molecule has 0 aliphatic carbocycles. The fraction of sp³-hybridized carbons (Fsp3) is 0.545.